The number of nitrogens with one attached hydrogen (secondary N) is 6. The molecule has 0 aliphatic carbocycles. The predicted octanol–water partition coefficient (Wildman–Crippen LogP) is 4.06. The molecule has 2 fully saturated rings. The second-order valence-electron chi connectivity index (χ2n) is 28.4. The second kappa shape index (κ2) is 49.0. The quantitative estimate of drug-likeness (QED) is 0.0342. The Hall–Kier alpha value is -8.44. The first-order valence-corrected chi connectivity index (χ1v) is 37.7. The van der Waals surface area contributed by atoms with Crippen molar-refractivity contribution in [3.8, 4) is 0 Å². The number of ether oxygens (including phenoxy) is 8. The molecule has 33 nitrogen and oxygen atoms in total. The topological polar surface area (TPSA) is 419 Å². The van der Waals surface area contributed by atoms with E-state index in [-0.39, 0.29) is 135 Å². The number of amides is 12. The first-order valence-electron chi connectivity index (χ1n) is 37.7. The third-order valence-corrected chi connectivity index (χ3v) is 19.1. The molecular formula is C76H121N11O22. The molecule has 109 heavy (non-hydrogen) atoms. The van der Waals surface area contributed by atoms with Crippen molar-refractivity contribution in [2.24, 2.45) is 35.3 Å². The zero-order chi connectivity index (χ0) is 80.9. The number of hydroxylamine groups is 2. The van der Waals surface area contributed by atoms with Gasteiger partial charge in [0, 0.05) is 66.4 Å². The van der Waals surface area contributed by atoms with Crippen molar-refractivity contribution >= 4 is 76.9 Å². The fourth-order valence-electron chi connectivity index (χ4n) is 12.8. The summed E-state index contributed by atoms with van der Waals surface area (Å²) in [6.07, 6.45) is -1.35. The fourth-order valence-corrected chi connectivity index (χ4v) is 12.8. The van der Waals surface area contributed by atoms with Crippen LogP contribution in [0.25, 0.3) is 0 Å². The number of urea groups is 1. The molecule has 0 aromatic heterocycles. The number of hydrogen-bond donors (Lipinski definition) is 8. The maximum Gasteiger partial charge on any atom is 0.410 e. The summed E-state index contributed by atoms with van der Waals surface area (Å²) in [6, 6.07) is 8.59. The van der Waals surface area contributed by atoms with Crippen molar-refractivity contribution in [1.82, 2.24) is 46.3 Å². The molecule has 2 aliphatic heterocycles. The molecule has 0 saturated carbocycles. The molecule has 33 heteroatoms. The van der Waals surface area contributed by atoms with Gasteiger partial charge in [-0.15, -0.1) is 5.06 Å². The first-order chi connectivity index (χ1) is 51.9. The monoisotopic (exact) mass is 1540 g/mol. The molecule has 2 heterocycles. The summed E-state index contributed by atoms with van der Waals surface area (Å²) >= 11 is 0. The van der Waals surface area contributed by atoms with Crippen LogP contribution < -0.4 is 37.6 Å². The number of rotatable bonds is 51. The van der Waals surface area contributed by atoms with Gasteiger partial charge in [-0.1, -0.05) is 111 Å². The lowest BCUT2D eigenvalue weighted by Crippen LogP contribution is -2.60. The van der Waals surface area contributed by atoms with Crippen LogP contribution in [-0.2, 0) is 97.3 Å². The zero-order valence-corrected chi connectivity index (χ0v) is 66.0. The van der Waals surface area contributed by atoms with Crippen molar-refractivity contribution in [3.63, 3.8) is 0 Å². The minimum Gasteiger partial charge on any atom is -0.445 e. The summed E-state index contributed by atoms with van der Waals surface area (Å²) in [5.74, 6) is -7.33. The number of aliphatic hydroxyl groups excluding tert-OH is 1. The molecule has 612 valence electrons. The zero-order valence-electron chi connectivity index (χ0n) is 66.0. The number of carbonyl (C=O) groups is 12. The van der Waals surface area contributed by atoms with E-state index in [9.17, 15) is 62.6 Å². The molecule has 12 atom stereocenters. The Morgan fingerprint density at radius 3 is 1.74 bits per heavy atom. The number of likely N-dealkylation sites (N-methyl/N-ethyl adjacent to an activating group) is 2. The number of aliphatic hydroxyl groups is 1. The third kappa shape index (κ3) is 31.1. The Kier molecular flexibility index (Phi) is 41.7. The van der Waals surface area contributed by atoms with Crippen molar-refractivity contribution in [1.29, 1.82) is 0 Å². The van der Waals surface area contributed by atoms with Crippen molar-refractivity contribution in [3.05, 3.63) is 65.7 Å². The molecule has 1 unspecified atom stereocenters. The highest BCUT2D eigenvalue weighted by atomic mass is 16.7. The van der Waals surface area contributed by atoms with Gasteiger partial charge in [0.15, 0.2) is 0 Å². The molecule has 12 amide bonds. The van der Waals surface area contributed by atoms with Crippen LogP contribution in [0.5, 0.6) is 0 Å². The molecule has 2 saturated heterocycles. The highest BCUT2D eigenvalue weighted by Gasteiger charge is 2.44. The maximum atomic E-state index is 14.8. The number of methoxy groups -OCH3 is 2. The van der Waals surface area contributed by atoms with Gasteiger partial charge in [-0.2, -0.15) is 0 Å². The molecule has 0 spiro atoms. The van der Waals surface area contributed by atoms with E-state index in [1.165, 1.54) is 26.2 Å². The highest BCUT2D eigenvalue weighted by Crippen LogP contribution is 2.31. The Morgan fingerprint density at radius 1 is 0.642 bits per heavy atom. The number of anilines is 1. The minimum atomic E-state index is -1.14. The molecule has 2 aromatic carbocycles. The standard InChI is InChI=1S/C76H121N11O22/c1-15-50(8)67(58(101-13)45-62(91)86-34-20-24-57(86)69(102-14)51(9)70(94)79-52(10)68(93)54-21-17-16-18-22-54)84(11)74(98)65(48(4)5)83-73(97)66(49(6)7)85(12)76(100)108-46-53-25-27-55(28-26-53)80-71(95)56(23-19-33-78-75(77)99)81-72(96)64(47(2)3)82-59(88)31-35-103-37-39-105-41-43-107-44-42-106-40-38-104-36-32-63(92)109-87-60(89)29-30-61(87)90/h16-18,21-22,25-28,47-52,56-58,64-69,93H,15,19-20,23-24,29-46H2,1-14H3,(H,79,94)(H,80,95)(H,81,96)(H,82,88)(H,83,97)(H3,77,78,99)/t50?,51-,52-,56+,57+,58-,64+,65+,66+,67+,68-,69-/m1/s1. The predicted molar refractivity (Wildman–Crippen MR) is 400 cm³/mol. The van der Waals surface area contributed by atoms with Gasteiger partial charge < -0.3 is 95.3 Å². The second-order valence-corrected chi connectivity index (χ2v) is 28.4. The van der Waals surface area contributed by atoms with Gasteiger partial charge in [0.1, 0.15) is 30.8 Å². The normalized spacial score (nSPS) is 16.7. The van der Waals surface area contributed by atoms with Crippen LogP contribution in [-0.4, -0.2) is 258 Å². The van der Waals surface area contributed by atoms with Gasteiger partial charge in [0.25, 0.3) is 11.8 Å². The Balaban J connectivity index is 1.25. The molecule has 2 aromatic rings. The third-order valence-electron chi connectivity index (χ3n) is 19.1. The summed E-state index contributed by atoms with van der Waals surface area (Å²) in [7, 11) is 6.07. The molecule has 4 rings (SSSR count). The molecule has 0 radical (unpaired) electrons. The molecule has 0 bridgehead atoms. The van der Waals surface area contributed by atoms with Crippen LogP contribution >= 0.6 is 0 Å². The summed E-state index contributed by atoms with van der Waals surface area (Å²) in [4.78, 5) is 168. The molecular weight excluding hydrogens is 1420 g/mol. The van der Waals surface area contributed by atoms with Crippen molar-refractivity contribution in [2.75, 3.05) is 113 Å². The van der Waals surface area contributed by atoms with Gasteiger partial charge in [-0.25, -0.2) is 14.4 Å². The number of imide groups is 1. The van der Waals surface area contributed by atoms with E-state index in [0.717, 1.165) is 0 Å². The Morgan fingerprint density at radius 2 is 1.21 bits per heavy atom. The average molecular weight is 1540 g/mol. The van der Waals surface area contributed by atoms with Crippen molar-refractivity contribution < 1.29 is 105 Å². The first kappa shape index (κ1) is 92.9. The Bertz CT molecular complexity index is 3190. The lowest BCUT2D eigenvalue weighted by molar-refractivity contribution is -0.198. The van der Waals surface area contributed by atoms with Gasteiger partial charge in [0.05, 0.1) is 121 Å². The highest BCUT2D eigenvalue weighted by molar-refractivity contribution is 6.02. The van der Waals surface area contributed by atoms with Crippen LogP contribution in [0.1, 0.15) is 151 Å². The average Bonchev–Trinajstić information content (AvgIpc) is 1.78. The number of benzene rings is 2. The largest absolute Gasteiger partial charge is 0.445 e. The maximum absolute atomic E-state index is 14.8. The van der Waals surface area contributed by atoms with E-state index in [0.29, 0.717) is 54.3 Å². The minimum absolute atomic E-state index is 0.0124. The summed E-state index contributed by atoms with van der Waals surface area (Å²) in [6.45, 7) is 20.3. The van der Waals surface area contributed by atoms with Crippen molar-refractivity contribution in [2.45, 2.75) is 201 Å². The number of primary amides is 1. The smallest absolute Gasteiger partial charge is 0.410 e. The van der Waals surface area contributed by atoms with E-state index < -0.39 is 144 Å². The lowest BCUT2D eigenvalue weighted by Gasteiger charge is -2.41. The van der Waals surface area contributed by atoms with Gasteiger partial charge in [-0.05, 0) is 79.5 Å². The fraction of sp³-hybridized carbons (Fsp3) is 0.684. The van der Waals surface area contributed by atoms with Crippen LogP contribution in [0.3, 0.4) is 0 Å². The van der Waals surface area contributed by atoms with E-state index in [4.69, 9.17) is 48.5 Å². The number of carbonyl (C=O) groups excluding carboxylic acids is 12. The number of likely N-dealkylation sites (tertiary alicyclic amines) is 1. The molecule has 2 aliphatic rings. The molecule has 9 N–H and O–H groups in total. The number of nitrogens with two attached hydrogens (primary N) is 1. The van der Waals surface area contributed by atoms with Crippen LogP contribution in [0.15, 0.2) is 54.6 Å². The van der Waals surface area contributed by atoms with Crippen LogP contribution in [0.4, 0.5) is 15.3 Å². The van der Waals surface area contributed by atoms with E-state index in [1.54, 1.807) is 109 Å². The van der Waals surface area contributed by atoms with Crippen LogP contribution in [0.2, 0.25) is 0 Å². The van der Waals surface area contributed by atoms with E-state index in [1.807, 2.05) is 32.0 Å². The lowest BCUT2D eigenvalue weighted by atomic mass is 9.89. The Labute approximate surface area is 640 Å². The summed E-state index contributed by atoms with van der Waals surface area (Å²) in [5, 5.41) is 28.1. The summed E-state index contributed by atoms with van der Waals surface area (Å²) < 4.78 is 45.1. The van der Waals surface area contributed by atoms with Gasteiger partial charge in [0.2, 0.25) is 41.4 Å². The van der Waals surface area contributed by atoms with E-state index in [2.05, 4.69) is 31.9 Å². The SMILES string of the molecule is CCC(C)[C@@H]([C@@H](CC(=O)N1CCC[C@H]1[C@H](OC)[C@@H](C)C(=O)N[C@H](C)[C@@H](O)c1ccccc1)OC)N(C)C(=O)[C@@H](NC(=O)[C@H](C(C)C)N(C)C(=O)OCc1ccc(NC(=O)[C@H](CCCNC(N)=O)NC(=O)[C@@H](NC(=O)CCOCCOCCOCCOCCOCCC(=O)ON2C(=O)CCC2=O)C(C)C)cc1)C(C)C. The summed E-state index contributed by atoms with van der Waals surface area (Å²) in [5.41, 5.74) is 6.77. The van der Waals surface area contributed by atoms with E-state index >= 15 is 0 Å². The van der Waals surface area contributed by atoms with Gasteiger partial charge in [-0.3, -0.25) is 48.1 Å². The van der Waals surface area contributed by atoms with Crippen LogP contribution in [0, 0.1) is 29.6 Å². The number of hydrogen-bond acceptors (Lipinski definition) is 22. The number of nitrogens with zero attached hydrogens (tertiary/aromatic N) is 4. The van der Waals surface area contributed by atoms with Gasteiger partial charge >= 0.3 is 18.1 Å².